The van der Waals surface area contributed by atoms with E-state index >= 15 is 0 Å². The summed E-state index contributed by atoms with van der Waals surface area (Å²) in [7, 11) is 0. The minimum atomic E-state index is -0.627. The number of rotatable bonds is 5. The Hall–Kier alpha value is -1.84. The van der Waals surface area contributed by atoms with Gasteiger partial charge in [-0.15, -0.1) is 0 Å². The molecule has 0 spiro atoms. The summed E-state index contributed by atoms with van der Waals surface area (Å²) in [6.45, 7) is 7.03. The molecule has 110 valence electrons. The Labute approximate surface area is 120 Å². The molecule has 0 aromatic heterocycles. The minimum Gasteiger partial charge on any atom is -0.458 e. The standard InChI is InChI=1S/C16H23NO3/c1-12(15(19)20-16(2,3)4)17-14(18)11-10-13-8-6-5-7-9-13/h5-9,12H,10-11H2,1-4H3,(H,17,18)/t12-/m0/s1. The van der Waals surface area contributed by atoms with E-state index in [0.717, 1.165) is 5.56 Å². The first-order chi connectivity index (χ1) is 9.28. The Morgan fingerprint density at radius 2 is 1.80 bits per heavy atom. The van der Waals surface area contributed by atoms with Gasteiger partial charge < -0.3 is 10.1 Å². The maximum Gasteiger partial charge on any atom is 0.328 e. The van der Waals surface area contributed by atoms with Gasteiger partial charge in [0.25, 0.3) is 0 Å². The Kier molecular flexibility index (Phi) is 5.74. The smallest absolute Gasteiger partial charge is 0.328 e. The van der Waals surface area contributed by atoms with E-state index in [1.807, 2.05) is 30.3 Å². The number of aryl methyl sites for hydroxylation is 1. The summed E-state index contributed by atoms with van der Waals surface area (Å²) in [5, 5.41) is 2.66. The first-order valence-corrected chi connectivity index (χ1v) is 6.84. The van der Waals surface area contributed by atoms with Crippen LogP contribution in [0.5, 0.6) is 0 Å². The highest BCUT2D eigenvalue weighted by Crippen LogP contribution is 2.08. The monoisotopic (exact) mass is 277 g/mol. The average Bonchev–Trinajstić information content (AvgIpc) is 2.35. The van der Waals surface area contributed by atoms with E-state index in [0.29, 0.717) is 12.8 Å². The number of carbonyl (C=O) groups is 2. The molecule has 4 heteroatoms. The van der Waals surface area contributed by atoms with Gasteiger partial charge >= 0.3 is 5.97 Å². The molecule has 0 aliphatic heterocycles. The predicted molar refractivity (Wildman–Crippen MR) is 78.2 cm³/mol. The lowest BCUT2D eigenvalue weighted by atomic mass is 10.1. The molecule has 1 N–H and O–H groups in total. The fourth-order valence-corrected chi connectivity index (χ4v) is 1.67. The molecule has 1 aromatic carbocycles. The highest BCUT2D eigenvalue weighted by Gasteiger charge is 2.22. The molecule has 0 bridgehead atoms. The van der Waals surface area contributed by atoms with Crippen LogP contribution in [0, 0.1) is 0 Å². The van der Waals surface area contributed by atoms with Gasteiger partial charge in [-0.3, -0.25) is 4.79 Å². The van der Waals surface area contributed by atoms with Crippen molar-refractivity contribution >= 4 is 11.9 Å². The van der Waals surface area contributed by atoms with Crippen LogP contribution in [0.2, 0.25) is 0 Å². The third-order valence-electron chi connectivity index (χ3n) is 2.62. The lowest BCUT2D eigenvalue weighted by Crippen LogP contribution is -2.42. The van der Waals surface area contributed by atoms with Crippen molar-refractivity contribution in [2.24, 2.45) is 0 Å². The summed E-state index contributed by atoms with van der Waals surface area (Å²) in [5.74, 6) is -0.558. The zero-order valence-electron chi connectivity index (χ0n) is 12.6. The Morgan fingerprint density at radius 3 is 2.35 bits per heavy atom. The number of amides is 1. The van der Waals surface area contributed by atoms with Crippen LogP contribution in [0.25, 0.3) is 0 Å². The van der Waals surface area contributed by atoms with E-state index in [9.17, 15) is 9.59 Å². The number of esters is 1. The second-order valence-corrected chi connectivity index (χ2v) is 5.81. The van der Waals surface area contributed by atoms with Gasteiger partial charge in [-0.1, -0.05) is 30.3 Å². The van der Waals surface area contributed by atoms with E-state index in [4.69, 9.17) is 4.74 Å². The second kappa shape index (κ2) is 7.08. The molecule has 0 fully saturated rings. The van der Waals surface area contributed by atoms with Gasteiger partial charge in [0.05, 0.1) is 0 Å². The van der Waals surface area contributed by atoms with Crippen LogP contribution in [0.15, 0.2) is 30.3 Å². The van der Waals surface area contributed by atoms with Gasteiger partial charge in [0.2, 0.25) is 5.91 Å². The van der Waals surface area contributed by atoms with Crippen molar-refractivity contribution in [3.63, 3.8) is 0 Å². The molecule has 1 amide bonds. The number of benzene rings is 1. The third-order valence-corrected chi connectivity index (χ3v) is 2.62. The first kappa shape index (κ1) is 16.2. The van der Waals surface area contributed by atoms with Gasteiger partial charge in [-0.2, -0.15) is 0 Å². The number of hydrogen-bond donors (Lipinski definition) is 1. The van der Waals surface area contributed by atoms with Crippen molar-refractivity contribution < 1.29 is 14.3 Å². The highest BCUT2D eigenvalue weighted by molar-refractivity contribution is 5.84. The molecular formula is C16H23NO3. The molecule has 0 saturated carbocycles. The van der Waals surface area contributed by atoms with Crippen molar-refractivity contribution in [1.82, 2.24) is 5.32 Å². The highest BCUT2D eigenvalue weighted by atomic mass is 16.6. The predicted octanol–water partition coefficient (Wildman–Crippen LogP) is 2.47. The van der Waals surface area contributed by atoms with Crippen LogP contribution in [0.1, 0.15) is 39.7 Å². The van der Waals surface area contributed by atoms with Gasteiger partial charge in [-0.25, -0.2) is 4.79 Å². The first-order valence-electron chi connectivity index (χ1n) is 6.84. The fraction of sp³-hybridized carbons (Fsp3) is 0.500. The molecule has 0 unspecified atom stereocenters. The molecule has 1 atom stereocenters. The topological polar surface area (TPSA) is 55.4 Å². The molecule has 0 saturated heterocycles. The minimum absolute atomic E-state index is 0.146. The van der Waals surface area contributed by atoms with Gasteiger partial charge in [-0.05, 0) is 39.7 Å². The largest absolute Gasteiger partial charge is 0.458 e. The average molecular weight is 277 g/mol. The van der Waals surface area contributed by atoms with E-state index < -0.39 is 17.6 Å². The van der Waals surface area contributed by atoms with Crippen LogP contribution in [0.4, 0.5) is 0 Å². The normalized spacial score (nSPS) is 12.6. The lowest BCUT2D eigenvalue weighted by Gasteiger charge is -2.22. The van der Waals surface area contributed by atoms with Crippen LogP contribution in [-0.2, 0) is 20.7 Å². The summed E-state index contributed by atoms with van der Waals surface area (Å²) in [4.78, 5) is 23.5. The Morgan fingerprint density at radius 1 is 1.20 bits per heavy atom. The summed E-state index contributed by atoms with van der Waals surface area (Å²) in [6, 6.07) is 9.15. The fourth-order valence-electron chi connectivity index (χ4n) is 1.67. The summed E-state index contributed by atoms with van der Waals surface area (Å²) in [5.41, 5.74) is 0.563. The van der Waals surface area contributed by atoms with Crippen LogP contribution < -0.4 is 5.32 Å². The Bertz CT molecular complexity index is 449. The number of hydrogen-bond acceptors (Lipinski definition) is 3. The maximum absolute atomic E-state index is 11.8. The zero-order chi connectivity index (χ0) is 15.2. The van der Waals surface area contributed by atoms with Crippen LogP contribution in [-0.4, -0.2) is 23.5 Å². The molecule has 1 rings (SSSR count). The van der Waals surface area contributed by atoms with Crippen molar-refractivity contribution in [3.05, 3.63) is 35.9 Å². The maximum atomic E-state index is 11.8. The molecule has 1 aromatic rings. The van der Waals surface area contributed by atoms with E-state index in [-0.39, 0.29) is 5.91 Å². The van der Waals surface area contributed by atoms with E-state index in [2.05, 4.69) is 5.32 Å². The van der Waals surface area contributed by atoms with Crippen molar-refractivity contribution in [1.29, 1.82) is 0 Å². The molecule has 20 heavy (non-hydrogen) atoms. The quantitative estimate of drug-likeness (QED) is 0.841. The summed E-state index contributed by atoms with van der Waals surface area (Å²) < 4.78 is 5.21. The van der Waals surface area contributed by atoms with E-state index in [1.54, 1.807) is 27.7 Å². The number of ether oxygens (including phenoxy) is 1. The molecular weight excluding hydrogens is 254 g/mol. The number of nitrogens with one attached hydrogen (secondary N) is 1. The molecule has 0 radical (unpaired) electrons. The Balaban J connectivity index is 2.36. The van der Waals surface area contributed by atoms with E-state index in [1.165, 1.54) is 0 Å². The molecule has 0 aliphatic carbocycles. The molecule has 4 nitrogen and oxygen atoms in total. The number of carbonyl (C=O) groups excluding carboxylic acids is 2. The van der Waals surface area contributed by atoms with Crippen molar-refractivity contribution in [3.8, 4) is 0 Å². The SMILES string of the molecule is C[C@H](NC(=O)CCc1ccccc1)C(=O)OC(C)(C)C. The van der Waals surface area contributed by atoms with Crippen molar-refractivity contribution in [2.45, 2.75) is 52.2 Å². The summed E-state index contributed by atoms with van der Waals surface area (Å²) >= 11 is 0. The van der Waals surface area contributed by atoms with Gasteiger partial charge in [0, 0.05) is 6.42 Å². The van der Waals surface area contributed by atoms with Crippen LogP contribution >= 0.6 is 0 Å². The zero-order valence-corrected chi connectivity index (χ0v) is 12.6. The van der Waals surface area contributed by atoms with Crippen LogP contribution in [0.3, 0.4) is 0 Å². The lowest BCUT2D eigenvalue weighted by molar-refractivity contribution is -0.158. The molecule has 0 heterocycles. The van der Waals surface area contributed by atoms with Crippen molar-refractivity contribution in [2.75, 3.05) is 0 Å². The van der Waals surface area contributed by atoms with Gasteiger partial charge in [0.15, 0.2) is 0 Å². The second-order valence-electron chi connectivity index (χ2n) is 5.81. The third kappa shape index (κ3) is 6.36. The van der Waals surface area contributed by atoms with Gasteiger partial charge in [0.1, 0.15) is 11.6 Å². The summed E-state index contributed by atoms with van der Waals surface area (Å²) in [6.07, 6.45) is 1.02. The molecule has 0 aliphatic rings.